The zero-order valence-corrected chi connectivity index (χ0v) is 9.06. The third kappa shape index (κ3) is 1.41. The van der Waals surface area contributed by atoms with Crippen molar-refractivity contribution in [2.24, 2.45) is 0 Å². The highest BCUT2D eigenvalue weighted by Crippen LogP contribution is 2.34. The highest BCUT2D eigenvalue weighted by Gasteiger charge is 2.22. The number of hydrogen-bond donors (Lipinski definition) is 2. The van der Waals surface area contributed by atoms with E-state index in [4.69, 9.17) is 0 Å². The Kier molecular flexibility index (Phi) is 1.94. The van der Waals surface area contributed by atoms with Gasteiger partial charge in [0.05, 0.1) is 0 Å². The van der Waals surface area contributed by atoms with E-state index in [2.05, 4.69) is 35.9 Å². The van der Waals surface area contributed by atoms with Crippen molar-refractivity contribution in [3.63, 3.8) is 0 Å². The fraction of sp³-hybridized carbons (Fsp3) is 0.385. The molecule has 0 unspecified atom stereocenters. The molecule has 0 saturated carbocycles. The summed E-state index contributed by atoms with van der Waals surface area (Å²) in [6.07, 6.45) is 10.1. The lowest BCUT2D eigenvalue weighted by molar-refractivity contribution is 0.743. The highest BCUT2D eigenvalue weighted by molar-refractivity contribution is 5.50. The van der Waals surface area contributed by atoms with Gasteiger partial charge < -0.3 is 10.6 Å². The molecule has 0 bridgehead atoms. The smallest absolute Gasteiger partial charge is 0.0428 e. The SMILES string of the molecule is CC1=CC2=C(CN1)C1=C(CC=CN1)CC2. The Morgan fingerprint density at radius 3 is 3.13 bits per heavy atom. The van der Waals surface area contributed by atoms with Gasteiger partial charge in [0.1, 0.15) is 0 Å². The lowest BCUT2D eigenvalue weighted by Crippen LogP contribution is -2.28. The molecule has 2 nitrogen and oxygen atoms in total. The van der Waals surface area contributed by atoms with Crippen LogP contribution in [-0.2, 0) is 0 Å². The summed E-state index contributed by atoms with van der Waals surface area (Å²) in [5, 5.41) is 6.83. The second-order valence-corrected chi connectivity index (χ2v) is 4.41. The molecule has 0 amide bonds. The molecule has 1 aliphatic carbocycles. The van der Waals surface area contributed by atoms with E-state index in [1.165, 1.54) is 35.4 Å². The molecule has 3 rings (SSSR count). The Balaban J connectivity index is 2.03. The molecule has 2 heterocycles. The minimum atomic E-state index is 0.983. The van der Waals surface area contributed by atoms with Crippen LogP contribution in [0, 0.1) is 0 Å². The van der Waals surface area contributed by atoms with Crippen molar-refractivity contribution in [2.75, 3.05) is 6.54 Å². The zero-order valence-electron chi connectivity index (χ0n) is 9.06. The lowest BCUT2D eigenvalue weighted by atomic mass is 9.85. The quantitative estimate of drug-likeness (QED) is 0.627. The van der Waals surface area contributed by atoms with Gasteiger partial charge in [-0.05, 0) is 55.2 Å². The maximum absolute atomic E-state index is 3.42. The molecule has 0 radical (unpaired) electrons. The Bertz CT molecular complexity index is 422. The minimum absolute atomic E-state index is 0.983. The van der Waals surface area contributed by atoms with Crippen molar-refractivity contribution in [1.29, 1.82) is 0 Å². The van der Waals surface area contributed by atoms with E-state index in [-0.39, 0.29) is 0 Å². The van der Waals surface area contributed by atoms with Gasteiger partial charge >= 0.3 is 0 Å². The number of nitrogens with one attached hydrogen (secondary N) is 2. The van der Waals surface area contributed by atoms with Gasteiger partial charge in [0, 0.05) is 17.9 Å². The number of allylic oxidation sites excluding steroid dienone is 5. The van der Waals surface area contributed by atoms with Crippen molar-refractivity contribution in [3.05, 3.63) is 46.5 Å². The molecular weight excluding hydrogens is 184 g/mol. The van der Waals surface area contributed by atoms with Crippen LogP contribution < -0.4 is 10.6 Å². The first-order chi connectivity index (χ1) is 7.34. The van der Waals surface area contributed by atoms with Crippen LogP contribution in [0.4, 0.5) is 0 Å². The predicted molar refractivity (Wildman–Crippen MR) is 61.9 cm³/mol. The molecule has 0 atom stereocenters. The largest absolute Gasteiger partial charge is 0.384 e. The van der Waals surface area contributed by atoms with Crippen LogP contribution in [-0.4, -0.2) is 6.54 Å². The van der Waals surface area contributed by atoms with Gasteiger partial charge in [0.15, 0.2) is 0 Å². The monoisotopic (exact) mass is 200 g/mol. The summed E-state index contributed by atoms with van der Waals surface area (Å²) in [5.74, 6) is 0. The van der Waals surface area contributed by atoms with Crippen LogP contribution in [0.1, 0.15) is 26.2 Å². The summed E-state index contributed by atoms with van der Waals surface area (Å²) >= 11 is 0. The van der Waals surface area contributed by atoms with Crippen molar-refractivity contribution >= 4 is 0 Å². The molecular formula is C13H16N2. The summed E-state index contributed by atoms with van der Waals surface area (Å²) in [7, 11) is 0. The van der Waals surface area contributed by atoms with E-state index >= 15 is 0 Å². The third-order valence-electron chi connectivity index (χ3n) is 3.38. The molecule has 0 aromatic rings. The third-order valence-corrected chi connectivity index (χ3v) is 3.38. The maximum Gasteiger partial charge on any atom is 0.0428 e. The molecule has 0 spiro atoms. The van der Waals surface area contributed by atoms with Crippen LogP contribution in [0.5, 0.6) is 0 Å². The number of dihydropyridines is 2. The normalized spacial score (nSPS) is 23.9. The predicted octanol–water partition coefficient (Wildman–Crippen LogP) is 2.34. The standard InChI is InChI=1S/C13H16N2/c1-9-7-11-5-4-10-3-2-6-14-13(10)12(11)8-15-9/h2,6-7,14-15H,3-5,8H2,1H3. The summed E-state index contributed by atoms with van der Waals surface area (Å²) < 4.78 is 0. The molecule has 2 aliphatic heterocycles. The zero-order chi connectivity index (χ0) is 10.3. The Morgan fingerprint density at radius 1 is 1.27 bits per heavy atom. The lowest BCUT2D eigenvalue weighted by Gasteiger charge is -2.30. The van der Waals surface area contributed by atoms with Gasteiger partial charge in [0.2, 0.25) is 0 Å². The van der Waals surface area contributed by atoms with E-state index in [0.717, 1.165) is 13.0 Å². The van der Waals surface area contributed by atoms with Crippen LogP contribution in [0.2, 0.25) is 0 Å². The fourth-order valence-corrected chi connectivity index (χ4v) is 2.57. The molecule has 0 fully saturated rings. The van der Waals surface area contributed by atoms with Crippen LogP contribution in [0.3, 0.4) is 0 Å². The summed E-state index contributed by atoms with van der Waals surface area (Å²) in [5.41, 5.74) is 7.25. The van der Waals surface area contributed by atoms with Gasteiger partial charge in [-0.2, -0.15) is 0 Å². The molecule has 78 valence electrons. The minimum Gasteiger partial charge on any atom is -0.384 e. The number of hydrogen-bond acceptors (Lipinski definition) is 2. The summed E-state index contributed by atoms with van der Waals surface area (Å²) in [6, 6.07) is 0. The first kappa shape index (κ1) is 8.84. The molecule has 3 aliphatic rings. The van der Waals surface area contributed by atoms with E-state index in [0.29, 0.717) is 0 Å². The molecule has 2 N–H and O–H groups in total. The van der Waals surface area contributed by atoms with Crippen LogP contribution >= 0.6 is 0 Å². The molecule has 2 heteroatoms. The van der Waals surface area contributed by atoms with E-state index in [9.17, 15) is 0 Å². The maximum atomic E-state index is 3.42. The Labute approximate surface area is 90.4 Å². The van der Waals surface area contributed by atoms with Crippen molar-refractivity contribution in [2.45, 2.75) is 26.2 Å². The fourth-order valence-electron chi connectivity index (χ4n) is 2.57. The molecule has 0 aromatic carbocycles. The Morgan fingerprint density at radius 2 is 2.20 bits per heavy atom. The average molecular weight is 200 g/mol. The van der Waals surface area contributed by atoms with Gasteiger partial charge in [-0.25, -0.2) is 0 Å². The Hall–Kier alpha value is -1.44. The molecule has 15 heavy (non-hydrogen) atoms. The van der Waals surface area contributed by atoms with Crippen LogP contribution in [0.15, 0.2) is 46.5 Å². The highest BCUT2D eigenvalue weighted by atomic mass is 14.9. The second-order valence-electron chi connectivity index (χ2n) is 4.41. The van der Waals surface area contributed by atoms with Crippen molar-refractivity contribution < 1.29 is 0 Å². The van der Waals surface area contributed by atoms with Crippen LogP contribution in [0.25, 0.3) is 0 Å². The van der Waals surface area contributed by atoms with Gasteiger partial charge in [-0.3, -0.25) is 0 Å². The molecule has 0 aromatic heterocycles. The first-order valence-electron chi connectivity index (χ1n) is 5.63. The number of fused-ring (bicyclic) bond motifs is 1. The first-order valence-corrected chi connectivity index (χ1v) is 5.63. The number of rotatable bonds is 0. The topological polar surface area (TPSA) is 24.1 Å². The van der Waals surface area contributed by atoms with E-state index < -0.39 is 0 Å². The van der Waals surface area contributed by atoms with Crippen molar-refractivity contribution in [3.8, 4) is 0 Å². The van der Waals surface area contributed by atoms with E-state index in [1.807, 2.05) is 0 Å². The van der Waals surface area contributed by atoms with Crippen molar-refractivity contribution in [1.82, 2.24) is 10.6 Å². The summed E-state index contributed by atoms with van der Waals surface area (Å²) in [4.78, 5) is 0. The van der Waals surface area contributed by atoms with Gasteiger partial charge in [-0.15, -0.1) is 0 Å². The van der Waals surface area contributed by atoms with Gasteiger partial charge in [0.25, 0.3) is 0 Å². The van der Waals surface area contributed by atoms with E-state index in [1.54, 1.807) is 5.57 Å². The second kappa shape index (κ2) is 3.30. The average Bonchev–Trinajstić information content (AvgIpc) is 2.28. The van der Waals surface area contributed by atoms with Gasteiger partial charge in [-0.1, -0.05) is 6.08 Å². The summed E-state index contributed by atoms with van der Waals surface area (Å²) in [6.45, 7) is 3.12. The molecule has 0 saturated heterocycles.